The van der Waals surface area contributed by atoms with Crippen molar-refractivity contribution in [2.24, 2.45) is 16.0 Å². The summed E-state index contributed by atoms with van der Waals surface area (Å²) in [5, 5.41) is 25.6. The molecule has 0 radical (unpaired) electrons. The van der Waals surface area contributed by atoms with E-state index in [1.807, 2.05) is 25.1 Å². The molecular formula is C28H27N5O3S. The summed E-state index contributed by atoms with van der Waals surface area (Å²) in [7, 11) is 0. The topological polar surface area (TPSA) is 111 Å². The van der Waals surface area contributed by atoms with E-state index in [0.717, 1.165) is 23.4 Å². The molecule has 5 rings (SSSR count). The average molecular weight is 514 g/mol. The normalized spacial score (nSPS) is 18.8. The molecule has 0 spiro atoms. The van der Waals surface area contributed by atoms with Gasteiger partial charge in [-0.2, -0.15) is 20.4 Å². The quantitative estimate of drug-likeness (QED) is 0.473. The highest BCUT2D eigenvalue weighted by molar-refractivity contribution is 8.27. The Morgan fingerprint density at radius 1 is 1.16 bits per heavy atom. The fraction of sp³-hybridized carbons (Fsp3) is 0.321. The van der Waals surface area contributed by atoms with E-state index in [-0.39, 0.29) is 18.0 Å². The Morgan fingerprint density at radius 3 is 2.76 bits per heavy atom. The average Bonchev–Trinajstić information content (AvgIpc) is 3.35. The number of aliphatic imine (C=N–C) groups is 1. The maximum atomic E-state index is 12.9. The molecule has 1 aliphatic carbocycles. The summed E-state index contributed by atoms with van der Waals surface area (Å²) in [6.45, 7) is 2.53. The van der Waals surface area contributed by atoms with Gasteiger partial charge >= 0.3 is 0 Å². The molecule has 1 fully saturated rings. The van der Waals surface area contributed by atoms with Crippen LogP contribution in [-0.2, 0) is 11.4 Å². The predicted molar refractivity (Wildman–Crippen MR) is 145 cm³/mol. The first-order chi connectivity index (χ1) is 18.1. The van der Waals surface area contributed by atoms with Gasteiger partial charge in [0.05, 0.1) is 23.8 Å². The Kier molecular flexibility index (Phi) is 7.37. The maximum Gasteiger partial charge on any atom is 0.283 e. The molecular weight excluding hydrogens is 486 g/mol. The van der Waals surface area contributed by atoms with Crippen molar-refractivity contribution in [1.29, 1.82) is 10.7 Å². The fourth-order valence-corrected chi connectivity index (χ4v) is 5.66. The van der Waals surface area contributed by atoms with Crippen molar-refractivity contribution in [3.8, 4) is 17.6 Å². The van der Waals surface area contributed by atoms with Gasteiger partial charge in [-0.05, 0) is 61.4 Å². The summed E-state index contributed by atoms with van der Waals surface area (Å²) in [5.41, 5.74) is 2.20. The summed E-state index contributed by atoms with van der Waals surface area (Å²) in [4.78, 5) is 17.1. The zero-order chi connectivity index (χ0) is 25.8. The molecule has 0 bridgehead atoms. The third-order valence-electron chi connectivity index (χ3n) is 6.52. The lowest BCUT2D eigenvalue weighted by molar-refractivity contribution is -0.114. The second-order valence-corrected chi connectivity index (χ2v) is 9.98. The Balaban J connectivity index is 1.37. The van der Waals surface area contributed by atoms with E-state index >= 15 is 0 Å². The molecule has 9 heteroatoms. The number of amidine groups is 2. The summed E-state index contributed by atoms with van der Waals surface area (Å²) in [5.74, 6) is 0.998. The molecule has 1 saturated carbocycles. The van der Waals surface area contributed by atoms with Crippen LogP contribution in [-0.4, -0.2) is 33.6 Å². The molecule has 0 saturated heterocycles. The Bertz CT molecular complexity index is 1370. The van der Waals surface area contributed by atoms with Gasteiger partial charge in [-0.1, -0.05) is 43.5 Å². The van der Waals surface area contributed by atoms with Crippen LogP contribution in [0.5, 0.6) is 11.5 Å². The first-order valence-electron chi connectivity index (χ1n) is 12.4. The van der Waals surface area contributed by atoms with Crippen LogP contribution in [0.4, 0.5) is 0 Å². The molecule has 0 unspecified atom stereocenters. The van der Waals surface area contributed by atoms with Crippen molar-refractivity contribution in [2.75, 3.05) is 6.61 Å². The minimum Gasteiger partial charge on any atom is -0.490 e. The molecule has 37 heavy (non-hydrogen) atoms. The second kappa shape index (κ2) is 11.0. The second-order valence-electron chi connectivity index (χ2n) is 8.99. The summed E-state index contributed by atoms with van der Waals surface area (Å²) >= 11 is 1.41. The number of fused-ring (bicyclic) bond motifs is 1. The molecule has 0 aromatic heterocycles. The van der Waals surface area contributed by atoms with Crippen LogP contribution in [0.3, 0.4) is 0 Å². The van der Waals surface area contributed by atoms with Crippen LogP contribution >= 0.6 is 11.8 Å². The van der Waals surface area contributed by atoms with Crippen molar-refractivity contribution in [1.82, 2.24) is 5.01 Å². The zero-order valence-corrected chi connectivity index (χ0v) is 21.4. The molecule has 3 aliphatic rings. The molecule has 2 aromatic rings. The highest BCUT2D eigenvalue weighted by Gasteiger charge is 2.38. The third kappa shape index (κ3) is 5.30. The van der Waals surface area contributed by atoms with Crippen LogP contribution in [0.15, 0.2) is 58.1 Å². The third-order valence-corrected chi connectivity index (χ3v) is 7.60. The molecule has 8 nitrogen and oxygen atoms in total. The van der Waals surface area contributed by atoms with Gasteiger partial charge in [0.1, 0.15) is 11.7 Å². The van der Waals surface area contributed by atoms with Crippen LogP contribution in [0.2, 0.25) is 0 Å². The lowest BCUT2D eigenvalue weighted by Crippen LogP contribution is -2.35. The maximum absolute atomic E-state index is 12.9. The van der Waals surface area contributed by atoms with Crippen molar-refractivity contribution in [3.05, 3.63) is 64.7 Å². The van der Waals surface area contributed by atoms with E-state index in [1.54, 1.807) is 30.3 Å². The summed E-state index contributed by atoms with van der Waals surface area (Å²) < 4.78 is 11.8. The van der Waals surface area contributed by atoms with Gasteiger partial charge in [-0.25, -0.2) is 0 Å². The minimum absolute atomic E-state index is 0.0275. The number of hydrogen-bond donors (Lipinski definition) is 1. The van der Waals surface area contributed by atoms with Crippen molar-refractivity contribution in [2.45, 2.75) is 45.6 Å². The van der Waals surface area contributed by atoms with E-state index in [0.29, 0.717) is 40.3 Å². The van der Waals surface area contributed by atoms with Gasteiger partial charge in [0.2, 0.25) is 5.17 Å². The summed E-state index contributed by atoms with van der Waals surface area (Å²) in [6, 6.07) is 14.8. The van der Waals surface area contributed by atoms with Gasteiger partial charge in [0, 0.05) is 11.5 Å². The van der Waals surface area contributed by atoms with Crippen LogP contribution in [0, 0.1) is 22.7 Å². The molecule has 2 aliphatic heterocycles. The van der Waals surface area contributed by atoms with Gasteiger partial charge in [0.15, 0.2) is 17.3 Å². The van der Waals surface area contributed by atoms with E-state index in [2.05, 4.69) is 16.2 Å². The standard InChI is InChI=1S/C28H27N5O3S/c1-2-35-24-15-18(12-13-23(24)36-17-21-11-7-6-10-20(21)16-29)14-22-25(30)33-28(31-26(22)34)37-27(32-33)19-8-4-3-5-9-19/h6-7,10-15,19,30H,2-5,8-9,17H2,1H3/b22-14-,30-25?. The number of hydrazone groups is 1. The van der Waals surface area contributed by atoms with Gasteiger partial charge < -0.3 is 9.47 Å². The number of nitriles is 1. The Morgan fingerprint density at radius 2 is 1.97 bits per heavy atom. The predicted octanol–water partition coefficient (Wildman–Crippen LogP) is 5.74. The molecule has 2 heterocycles. The van der Waals surface area contributed by atoms with Gasteiger partial charge in [-0.3, -0.25) is 10.2 Å². The first-order valence-corrected chi connectivity index (χ1v) is 13.3. The Labute approximate surface area is 220 Å². The molecule has 1 N–H and O–H groups in total. The largest absolute Gasteiger partial charge is 0.490 e. The molecule has 1 amide bonds. The molecule has 2 aromatic carbocycles. The fourth-order valence-electron chi connectivity index (χ4n) is 4.60. The smallest absolute Gasteiger partial charge is 0.283 e. The lowest BCUT2D eigenvalue weighted by Gasteiger charge is -2.20. The number of nitrogens with zero attached hydrogens (tertiary/aromatic N) is 4. The SMILES string of the molecule is CCOc1cc(/C=C2/C(=N)N3N=C(C4CCCCC4)SC3=NC2=O)ccc1OCc1ccccc1C#N. The minimum atomic E-state index is -0.449. The number of rotatable bonds is 7. The monoisotopic (exact) mass is 513 g/mol. The number of ether oxygens (including phenoxy) is 2. The first kappa shape index (κ1) is 24.8. The number of thioether (sulfide) groups is 1. The van der Waals surface area contributed by atoms with Crippen LogP contribution < -0.4 is 9.47 Å². The number of hydrogen-bond acceptors (Lipinski definition) is 7. The van der Waals surface area contributed by atoms with E-state index in [1.165, 1.54) is 36.0 Å². The van der Waals surface area contributed by atoms with Crippen molar-refractivity contribution < 1.29 is 14.3 Å². The Hall–Kier alpha value is -3.90. The van der Waals surface area contributed by atoms with Gasteiger partial charge in [0.25, 0.3) is 5.91 Å². The zero-order valence-electron chi connectivity index (χ0n) is 20.6. The van der Waals surface area contributed by atoms with Crippen LogP contribution in [0.25, 0.3) is 6.08 Å². The number of carbonyl (C=O) groups is 1. The van der Waals surface area contributed by atoms with E-state index < -0.39 is 5.91 Å². The number of amides is 1. The number of nitrogens with one attached hydrogen (secondary N) is 1. The number of benzene rings is 2. The lowest BCUT2D eigenvalue weighted by atomic mass is 9.90. The van der Waals surface area contributed by atoms with Crippen LogP contribution in [0.1, 0.15) is 55.7 Å². The number of carbonyl (C=O) groups excluding carboxylic acids is 1. The highest BCUT2D eigenvalue weighted by atomic mass is 32.2. The highest BCUT2D eigenvalue weighted by Crippen LogP contribution is 2.37. The summed E-state index contributed by atoms with van der Waals surface area (Å²) in [6.07, 6.45) is 7.44. The molecule has 0 atom stereocenters. The molecule has 188 valence electrons. The van der Waals surface area contributed by atoms with E-state index in [4.69, 9.17) is 14.9 Å². The van der Waals surface area contributed by atoms with Crippen molar-refractivity contribution in [3.63, 3.8) is 0 Å². The van der Waals surface area contributed by atoms with E-state index in [9.17, 15) is 10.1 Å². The van der Waals surface area contributed by atoms with Gasteiger partial charge in [-0.15, -0.1) is 0 Å². The van der Waals surface area contributed by atoms with Crippen molar-refractivity contribution >= 4 is 39.8 Å².